The van der Waals surface area contributed by atoms with Crippen LogP contribution in [0.1, 0.15) is 49.8 Å². The van der Waals surface area contributed by atoms with Crippen LogP contribution < -0.4 is 5.73 Å². The van der Waals surface area contributed by atoms with Gasteiger partial charge in [-0.2, -0.15) is 0 Å². The lowest BCUT2D eigenvalue weighted by atomic mass is 9.96. The van der Waals surface area contributed by atoms with Gasteiger partial charge in [-0.25, -0.2) is 0 Å². The molecule has 3 rings (SSSR count). The first kappa shape index (κ1) is 11.6. The van der Waals surface area contributed by atoms with Crippen molar-refractivity contribution in [2.24, 2.45) is 10.7 Å². The highest BCUT2D eigenvalue weighted by Gasteiger charge is 2.34. The molecule has 3 heteroatoms. The molecule has 0 amide bonds. The summed E-state index contributed by atoms with van der Waals surface area (Å²) in [5.41, 5.74) is 8.97. The van der Waals surface area contributed by atoms with Gasteiger partial charge in [-0.05, 0) is 43.7 Å². The molecule has 0 radical (unpaired) electrons. The number of nitrogens with zero attached hydrogens (tertiary/aromatic N) is 2. The Labute approximate surface area is 109 Å². The van der Waals surface area contributed by atoms with Gasteiger partial charge in [0.05, 0.1) is 12.6 Å². The fourth-order valence-corrected chi connectivity index (χ4v) is 2.96. The molecule has 2 N–H and O–H groups in total. The minimum Gasteiger partial charge on any atom is -0.370 e. The summed E-state index contributed by atoms with van der Waals surface area (Å²) in [7, 11) is 0. The first-order valence-corrected chi connectivity index (χ1v) is 6.85. The van der Waals surface area contributed by atoms with E-state index in [1.807, 2.05) is 0 Å². The fraction of sp³-hybridized carbons (Fsp3) is 0.533. The molecule has 0 aromatic heterocycles. The standard InChI is InChI=1S/C15H21N3/c1-10(2)18-14(9-17-15(18)16)13-6-4-3-5-12(13)11-7-8-11/h3-6,10-11,14H,7-9H2,1-2H3,(H2,16,17). The summed E-state index contributed by atoms with van der Waals surface area (Å²) in [5.74, 6) is 1.47. The van der Waals surface area contributed by atoms with Crippen molar-refractivity contribution in [3.63, 3.8) is 0 Å². The van der Waals surface area contributed by atoms with Crippen molar-refractivity contribution in [2.45, 2.75) is 44.7 Å². The molecule has 0 saturated heterocycles. The van der Waals surface area contributed by atoms with Gasteiger partial charge in [0, 0.05) is 6.04 Å². The Balaban J connectivity index is 1.95. The van der Waals surface area contributed by atoms with Gasteiger partial charge in [-0.15, -0.1) is 0 Å². The Kier molecular flexibility index (Phi) is 2.77. The first-order valence-electron chi connectivity index (χ1n) is 6.85. The van der Waals surface area contributed by atoms with E-state index >= 15 is 0 Å². The van der Waals surface area contributed by atoms with E-state index in [9.17, 15) is 0 Å². The molecule has 1 unspecified atom stereocenters. The number of nitrogens with two attached hydrogens (primary N) is 1. The molecule has 1 fully saturated rings. The Morgan fingerprint density at radius 2 is 1.89 bits per heavy atom. The molecule has 1 heterocycles. The molecule has 18 heavy (non-hydrogen) atoms. The Hall–Kier alpha value is -1.51. The minimum absolute atomic E-state index is 0.335. The number of hydrogen-bond acceptors (Lipinski definition) is 3. The van der Waals surface area contributed by atoms with Crippen LogP contribution in [0.5, 0.6) is 0 Å². The molecule has 3 nitrogen and oxygen atoms in total. The normalized spacial score (nSPS) is 23.6. The molecule has 1 saturated carbocycles. The van der Waals surface area contributed by atoms with E-state index in [0.29, 0.717) is 18.0 Å². The number of aliphatic imine (C=N–C) groups is 1. The van der Waals surface area contributed by atoms with Crippen LogP contribution in [0.15, 0.2) is 29.3 Å². The van der Waals surface area contributed by atoms with Crippen LogP contribution in [0.25, 0.3) is 0 Å². The van der Waals surface area contributed by atoms with E-state index in [4.69, 9.17) is 5.73 Å². The van der Waals surface area contributed by atoms with E-state index in [-0.39, 0.29) is 0 Å². The van der Waals surface area contributed by atoms with Gasteiger partial charge < -0.3 is 10.6 Å². The van der Waals surface area contributed by atoms with Crippen molar-refractivity contribution < 1.29 is 0 Å². The van der Waals surface area contributed by atoms with Crippen LogP contribution in [0.4, 0.5) is 0 Å². The van der Waals surface area contributed by atoms with Crippen LogP contribution in [0.3, 0.4) is 0 Å². The summed E-state index contributed by atoms with van der Waals surface area (Å²) >= 11 is 0. The second-order valence-electron chi connectivity index (χ2n) is 5.62. The predicted octanol–water partition coefficient (Wildman–Crippen LogP) is 2.64. The third-order valence-electron chi connectivity index (χ3n) is 3.96. The highest BCUT2D eigenvalue weighted by Crippen LogP contribution is 2.44. The van der Waals surface area contributed by atoms with Gasteiger partial charge in [-0.3, -0.25) is 4.99 Å². The number of guanidine groups is 1. The summed E-state index contributed by atoms with van der Waals surface area (Å²) in [5, 5.41) is 0. The van der Waals surface area contributed by atoms with E-state index < -0.39 is 0 Å². The van der Waals surface area contributed by atoms with E-state index in [1.54, 1.807) is 0 Å². The van der Waals surface area contributed by atoms with E-state index in [1.165, 1.54) is 24.0 Å². The Morgan fingerprint density at radius 3 is 2.50 bits per heavy atom. The molecule has 1 aromatic carbocycles. The SMILES string of the molecule is CC(C)N1C(N)=NCC1c1ccccc1C1CC1. The van der Waals surface area contributed by atoms with Crippen molar-refractivity contribution in [1.82, 2.24) is 4.90 Å². The highest BCUT2D eigenvalue weighted by atomic mass is 15.3. The lowest BCUT2D eigenvalue weighted by molar-refractivity contribution is 0.289. The largest absolute Gasteiger partial charge is 0.370 e. The average Bonchev–Trinajstić information content (AvgIpc) is 3.12. The molecular weight excluding hydrogens is 222 g/mol. The van der Waals surface area contributed by atoms with Crippen molar-refractivity contribution in [1.29, 1.82) is 0 Å². The van der Waals surface area contributed by atoms with Crippen LogP contribution in [-0.2, 0) is 0 Å². The molecule has 1 aliphatic carbocycles. The maximum absolute atomic E-state index is 6.03. The van der Waals surface area contributed by atoms with E-state index in [2.05, 4.69) is 48.0 Å². The third kappa shape index (κ3) is 1.88. The van der Waals surface area contributed by atoms with E-state index in [0.717, 1.165) is 12.5 Å². The lowest BCUT2D eigenvalue weighted by Crippen LogP contribution is -2.41. The van der Waals surface area contributed by atoms with Gasteiger partial charge in [0.1, 0.15) is 0 Å². The molecule has 0 bridgehead atoms. The van der Waals surface area contributed by atoms with Gasteiger partial charge in [0.2, 0.25) is 0 Å². The molecule has 1 atom stereocenters. The summed E-state index contributed by atoms with van der Waals surface area (Å²) in [4.78, 5) is 6.69. The summed E-state index contributed by atoms with van der Waals surface area (Å²) < 4.78 is 0. The molecule has 96 valence electrons. The van der Waals surface area contributed by atoms with Crippen molar-refractivity contribution in [3.05, 3.63) is 35.4 Å². The maximum atomic E-state index is 6.03. The number of rotatable bonds is 3. The van der Waals surface area contributed by atoms with Crippen LogP contribution >= 0.6 is 0 Å². The topological polar surface area (TPSA) is 41.6 Å². The highest BCUT2D eigenvalue weighted by molar-refractivity contribution is 5.80. The van der Waals surface area contributed by atoms with Gasteiger partial charge >= 0.3 is 0 Å². The predicted molar refractivity (Wildman–Crippen MR) is 74.6 cm³/mol. The van der Waals surface area contributed by atoms with Crippen LogP contribution in [0, 0.1) is 0 Å². The smallest absolute Gasteiger partial charge is 0.192 e. The zero-order valence-corrected chi connectivity index (χ0v) is 11.1. The monoisotopic (exact) mass is 243 g/mol. The van der Waals surface area contributed by atoms with Crippen molar-refractivity contribution in [2.75, 3.05) is 6.54 Å². The van der Waals surface area contributed by atoms with Gasteiger partial charge in [0.25, 0.3) is 0 Å². The van der Waals surface area contributed by atoms with Crippen molar-refractivity contribution in [3.8, 4) is 0 Å². The molecule has 1 aliphatic heterocycles. The second-order valence-corrected chi connectivity index (χ2v) is 5.62. The van der Waals surface area contributed by atoms with Crippen molar-refractivity contribution >= 4 is 5.96 Å². The lowest BCUT2D eigenvalue weighted by Gasteiger charge is -2.31. The summed E-state index contributed by atoms with van der Waals surface area (Å²) in [6, 6.07) is 9.54. The molecule has 2 aliphatic rings. The summed E-state index contributed by atoms with van der Waals surface area (Å²) in [6.07, 6.45) is 2.67. The number of benzene rings is 1. The average molecular weight is 243 g/mol. The molecular formula is C15H21N3. The maximum Gasteiger partial charge on any atom is 0.192 e. The Morgan fingerprint density at radius 1 is 1.22 bits per heavy atom. The van der Waals surface area contributed by atoms with Crippen LogP contribution in [0.2, 0.25) is 0 Å². The quantitative estimate of drug-likeness (QED) is 0.886. The van der Waals surface area contributed by atoms with Gasteiger partial charge in [0.15, 0.2) is 5.96 Å². The second kappa shape index (κ2) is 4.30. The zero-order chi connectivity index (χ0) is 12.7. The summed E-state index contributed by atoms with van der Waals surface area (Å²) in [6.45, 7) is 5.16. The van der Waals surface area contributed by atoms with Crippen LogP contribution in [-0.4, -0.2) is 23.4 Å². The third-order valence-corrected chi connectivity index (χ3v) is 3.96. The molecule has 0 spiro atoms. The Bertz CT molecular complexity index is 474. The number of hydrogen-bond donors (Lipinski definition) is 1. The van der Waals surface area contributed by atoms with Gasteiger partial charge in [-0.1, -0.05) is 24.3 Å². The molecule has 1 aromatic rings. The minimum atomic E-state index is 0.335. The zero-order valence-electron chi connectivity index (χ0n) is 11.1. The fourth-order valence-electron chi connectivity index (χ4n) is 2.96. The first-order chi connectivity index (χ1) is 8.68.